The number of hydrogen-bond acceptors (Lipinski definition) is 6. The number of nitrogens with one attached hydrogen (secondary N) is 1. The molecule has 5 nitrogen and oxygen atoms in total. The zero-order chi connectivity index (χ0) is 23.0. The Bertz CT molecular complexity index is 1260. The first-order chi connectivity index (χ1) is 16.1. The summed E-state index contributed by atoms with van der Waals surface area (Å²) in [5.41, 5.74) is 1.39. The Morgan fingerprint density at radius 2 is 1.82 bits per heavy atom. The molecule has 1 heterocycles. The van der Waals surface area contributed by atoms with Gasteiger partial charge in [0, 0.05) is 28.6 Å². The number of thioether (sulfide) groups is 1. The highest BCUT2D eigenvalue weighted by atomic mass is 32.2. The van der Waals surface area contributed by atoms with Gasteiger partial charge in [0.1, 0.15) is 17.3 Å². The largest absolute Gasteiger partial charge is 0.497 e. The number of benzene rings is 3. The van der Waals surface area contributed by atoms with Crippen molar-refractivity contribution in [2.45, 2.75) is 20.7 Å². The molecule has 33 heavy (non-hydrogen) atoms. The van der Waals surface area contributed by atoms with Gasteiger partial charge in [-0.3, -0.25) is 4.79 Å². The second-order valence-corrected chi connectivity index (χ2v) is 8.90. The van der Waals surface area contributed by atoms with Crippen LogP contribution in [0.3, 0.4) is 0 Å². The monoisotopic (exact) mass is 477 g/mol. The molecule has 0 radical (unpaired) electrons. The zero-order valence-corrected chi connectivity index (χ0v) is 19.3. The molecule has 0 fully saturated rings. The fraction of sp³-hybridized carbons (Fsp3) is 0.0800. The summed E-state index contributed by atoms with van der Waals surface area (Å²) >= 11 is 2.68. The summed E-state index contributed by atoms with van der Waals surface area (Å²) in [5.74, 6) is 0.346. The summed E-state index contributed by atoms with van der Waals surface area (Å²) < 4.78 is 19.2. The lowest BCUT2D eigenvalue weighted by molar-refractivity contribution is 0.101. The molecule has 4 aromatic rings. The van der Waals surface area contributed by atoms with Crippen LogP contribution in [0.25, 0.3) is 0 Å². The van der Waals surface area contributed by atoms with Crippen molar-refractivity contribution in [1.82, 2.24) is 9.97 Å². The van der Waals surface area contributed by atoms with E-state index in [2.05, 4.69) is 15.3 Å². The fourth-order valence-corrected chi connectivity index (χ4v) is 4.62. The molecule has 0 atom stereocenters. The van der Waals surface area contributed by atoms with Crippen LogP contribution in [0.1, 0.15) is 16.1 Å². The van der Waals surface area contributed by atoms with Crippen molar-refractivity contribution in [3.05, 3.63) is 102 Å². The van der Waals surface area contributed by atoms with Crippen molar-refractivity contribution in [3.63, 3.8) is 0 Å². The lowest BCUT2D eigenvalue weighted by Gasteiger charge is -2.11. The normalized spacial score (nSPS) is 10.6. The molecule has 0 spiro atoms. The number of methoxy groups -OCH3 is 1. The fourth-order valence-electron chi connectivity index (χ4n) is 2.93. The number of hydrogen-bond donors (Lipinski definition) is 1. The third kappa shape index (κ3) is 6.12. The molecule has 0 aliphatic carbocycles. The molecule has 4 rings (SSSR count). The van der Waals surface area contributed by atoms with Gasteiger partial charge in [0.2, 0.25) is 0 Å². The van der Waals surface area contributed by atoms with E-state index in [9.17, 15) is 9.18 Å². The Balaban J connectivity index is 1.60. The van der Waals surface area contributed by atoms with Crippen LogP contribution in [0.4, 0.5) is 10.1 Å². The predicted molar refractivity (Wildman–Crippen MR) is 130 cm³/mol. The Morgan fingerprint density at radius 3 is 2.61 bits per heavy atom. The molecule has 1 aromatic heterocycles. The average molecular weight is 478 g/mol. The molecule has 1 N–H and O–H groups in total. The first-order valence-electron chi connectivity index (χ1n) is 10.0. The van der Waals surface area contributed by atoms with Crippen molar-refractivity contribution in [1.29, 1.82) is 0 Å². The Kier molecular flexibility index (Phi) is 7.59. The highest BCUT2D eigenvalue weighted by Gasteiger charge is 2.18. The van der Waals surface area contributed by atoms with Crippen molar-refractivity contribution >= 4 is 35.1 Å². The number of carbonyl (C=O) groups excluding carboxylic acids is 1. The number of ether oxygens (including phenoxy) is 1. The Hall–Kier alpha value is -3.36. The molecule has 0 saturated carbocycles. The van der Waals surface area contributed by atoms with Crippen LogP contribution in [0.15, 0.2) is 100 Å². The first kappa shape index (κ1) is 22.8. The second-order valence-electron chi connectivity index (χ2n) is 6.85. The van der Waals surface area contributed by atoms with Gasteiger partial charge >= 0.3 is 0 Å². The number of rotatable bonds is 8. The first-order valence-corrected chi connectivity index (χ1v) is 11.8. The van der Waals surface area contributed by atoms with Crippen LogP contribution < -0.4 is 10.1 Å². The van der Waals surface area contributed by atoms with Crippen LogP contribution >= 0.6 is 23.5 Å². The summed E-state index contributed by atoms with van der Waals surface area (Å²) in [6.07, 6.45) is 1.63. The average Bonchev–Trinajstić information content (AvgIpc) is 2.85. The van der Waals surface area contributed by atoms with E-state index >= 15 is 0 Å². The summed E-state index contributed by atoms with van der Waals surface area (Å²) in [4.78, 5) is 23.7. The van der Waals surface area contributed by atoms with Gasteiger partial charge in [0.05, 0.1) is 12.0 Å². The van der Waals surface area contributed by atoms with Crippen molar-refractivity contribution in [2.75, 3.05) is 12.4 Å². The number of amides is 1. The predicted octanol–water partition coefficient (Wildman–Crippen LogP) is 6.32. The molecule has 3 aromatic carbocycles. The van der Waals surface area contributed by atoms with E-state index in [1.165, 1.54) is 29.6 Å². The Labute approximate surface area is 199 Å². The summed E-state index contributed by atoms with van der Waals surface area (Å²) in [6.45, 7) is 0. The number of nitrogens with zero attached hydrogens (tertiary/aromatic N) is 2. The standard InChI is InChI=1S/C25H20FN3O2S2/c1-31-19-10-7-9-18(14-19)28-24(30)23-22(33-20-11-3-2-4-12-20)15-27-25(29-23)32-16-17-8-5-6-13-21(17)26/h2-15H,16H2,1H3,(H,28,30). The zero-order valence-electron chi connectivity index (χ0n) is 17.7. The highest BCUT2D eigenvalue weighted by Crippen LogP contribution is 2.31. The van der Waals surface area contributed by atoms with Crippen LogP contribution in [0.5, 0.6) is 5.75 Å². The molecule has 8 heteroatoms. The van der Waals surface area contributed by atoms with E-state index in [0.29, 0.717) is 32.8 Å². The van der Waals surface area contributed by atoms with Gasteiger partial charge in [-0.25, -0.2) is 14.4 Å². The maximum Gasteiger partial charge on any atom is 0.275 e. The van der Waals surface area contributed by atoms with Gasteiger partial charge in [0.15, 0.2) is 5.16 Å². The molecule has 0 aliphatic heterocycles. The molecular formula is C25H20FN3O2S2. The van der Waals surface area contributed by atoms with E-state index in [1.807, 2.05) is 30.3 Å². The molecule has 0 unspecified atom stereocenters. The quantitative estimate of drug-likeness (QED) is 0.237. The Morgan fingerprint density at radius 1 is 1.03 bits per heavy atom. The maximum absolute atomic E-state index is 14.0. The topological polar surface area (TPSA) is 64.1 Å². The van der Waals surface area contributed by atoms with Gasteiger partial charge in [-0.1, -0.05) is 66.0 Å². The smallest absolute Gasteiger partial charge is 0.275 e. The molecular weight excluding hydrogens is 457 g/mol. The second kappa shape index (κ2) is 11.0. The number of anilines is 1. The summed E-state index contributed by atoms with van der Waals surface area (Å²) in [7, 11) is 1.57. The van der Waals surface area contributed by atoms with Crippen molar-refractivity contribution in [3.8, 4) is 5.75 Å². The maximum atomic E-state index is 14.0. The molecule has 0 bridgehead atoms. The minimum Gasteiger partial charge on any atom is -0.497 e. The SMILES string of the molecule is COc1cccc(NC(=O)c2nc(SCc3ccccc3F)ncc2Sc2ccccc2)c1. The van der Waals surface area contributed by atoms with Gasteiger partial charge in [-0.2, -0.15) is 0 Å². The third-order valence-electron chi connectivity index (χ3n) is 4.56. The molecule has 1 amide bonds. The molecule has 0 aliphatic rings. The number of carbonyl (C=O) groups is 1. The van der Waals surface area contributed by atoms with Crippen LogP contribution in [0, 0.1) is 5.82 Å². The van der Waals surface area contributed by atoms with Gasteiger partial charge in [-0.05, 0) is 35.9 Å². The summed E-state index contributed by atoms with van der Waals surface area (Å²) in [6, 6.07) is 23.4. The van der Waals surface area contributed by atoms with Crippen LogP contribution in [-0.2, 0) is 5.75 Å². The molecule has 166 valence electrons. The van der Waals surface area contributed by atoms with Gasteiger partial charge in [0.25, 0.3) is 5.91 Å². The van der Waals surface area contributed by atoms with E-state index in [-0.39, 0.29) is 17.4 Å². The third-order valence-corrected chi connectivity index (χ3v) is 6.50. The van der Waals surface area contributed by atoms with Crippen molar-refractivity contribution < 1.29 is 13.9 Å². The number of halogens is 1. The van der Waals surface area contributed by atoms with E-state index < -0.39 is 0 Å². The minimum atomic E-state index is -0.364. The van der Waals surface area contributed by atoms with Crippen molar-refractivity contribution in [2.24, 2.45) is 0 Å². The molecule has 0 saturated heterocycles. The minimum absolute atomic E-state index is 0.248. The van der Waals surface area contributed by atoms with E-state index in [0.717, 1.165) is 4.90 Å². The lowest BCUT2D eigenvalue weighted by Crippen LogP contribution is -2.16. The van der Waals surface area contributed by atoms with E-state index in [4.69, 9.17) is 4.74 Å². The highest BCUT2D eigenvalue weighted by molar-refractivity contribution is 7.99. The van der Waals surface area contributed by atoms with Gasteiger partial charge < -0.3 is 10.1 Å². The lowest BCUT2D eigenvalue weighted by atomic mass is 10.2. The van der Waals surface area contributed by atoms with Crippen LogP contribution in [0.2, 0.25) is 0 Å². The van der Waals surface area contributed by atoms with E-state index in [1.54, 1.807) is 55.8 Å². The number of aromatic nitrogens is 2. The van der Waals surface area contributed by atoms with Gasteiger partial charge in [-0.15, -0.1) is 0 Å². The summed E-state index contributed by atoms with van der Waals surface area (Å²) in [5, 5.41) is 3.27. The van der Waals surface area contributed by atoms with Crippen LogP contribution in [-0.4, -0.2) is 23.0 Å².